The molecule has 1 aromatic carbocycles. The van der Waals surface area contributed by atoms with Gasteiger partial charge in [0.25, 0.3) is 11.8 Å². The summed E-state index contributed by atoms with van der Waals surface area (Å²) < 4.78 is 10.6. The number of hydrogen-bond donors (Lipinski definition) is 0. The number of thiophene rings is 1. The minimum absolute atomic E-state index is 0.110. The van der Waals surface area contributed by atoms with E-state index in [0.29, 0.717) is 22.7 Å². The van der Waals surface area contributed by atoms with Gasteiger partial charge >= 0.3 is 5.97 Å². The summed E-state index contributed by atoms with van der Waals surface area (Å²) in [7, 11) is 0. The van der Waals surface area contributed by atoms with E-state index in [1.54, 1.807) is 24.3 Å². The Balaban J connectivity index is 1.42. The first-order valence-corrected chi connectivity index (χ1v) is 9.06. The zero-order valence-electron chi connectivity index (χ0n) is 14.2. The summed E-state index contributed by atoms with van der Waals surface area (Å²) in [5.41, 5.74) is 1.03. The Labute approximate surface area is 158 Å². The molecule has 0 saturated heterocycles. The lowest BCUT2D eigenvalue weighted by molar-refractivity contribution is -0.149. The largest absolute Gasteiger partial charge is 0.458 e. The van der Waals surface area contributed by atoms with E-state index < -0.39 is 23.8 Å². The van der Waals surface area contributed by atoms with E-state index in [9.17, 15) is 14.4 Å². The zero-order chi connectivity index (χ0) is 19.0. The summed E-state index contributed by atoms with van der Waals surface area (Å²) in [6.07, 6.45) is 1.41. The molecule has 0 fully saturated rings. The summed E-state index contributed by atoms with van der Waals surface area (Å²) in [6.45, 7) is 1.35. The number of esters is 1. The maximum atomic E-state index is 12.4. The topological polar surface area (TPSA) is 89.7 Å². The molecule has 3 heterocycles. The molecule has 1 aliphatic rings. The highest BCUT2D eigenvalue weighted by molar-refractivity contribution is 7.13. The Morgan fingerprint density at radius 1 is 1.19 bits per heavy atom. The summed E-state index contributed by atoms with van der Waals surface area (Å²) >= 11 is 1.48. The predicted molar refractivity (Wildman–Crippen MR) is 96.0 cm³/mol. The molecular weight excluding hydrogens is 368 g/mol. The molecule has 0 aliphatic carbocycles. The van der Waals surface area contributed by atoms with Gasteiger partial charge in [0.05, 0.1) is 16.0 Å². The van der Waals surface area contributed by atoms with Crippen LogP contribution in [0.1, 0.15) is 33.3 Å². The van der Waals surface area contributed by atoms with E-state index in [2.05, 4.69) is 4.98 Å². The molecule has 4 rings (SSSR count). The second kappa shape index (κ2) is 6.81. The number of oxazole rings is 1. The smallest absolute Gasteiger partial charge is 0.329 e. The lowest BCUT2D eigenvalue weighted by Crippen LogP contribution is -2.43. The fraction of sp³-hybridized carbons (Fsp3) is 0.158. The van der Waals surface area contributed by atoms with E-state index in [0.717, 1.165) is 9.78 Å². The third kappa shape index (κ3) is 3.04. The number of imide groups is 1. The van der Waals surface area contributed by atoms with Crippen LogP contribution in [0.5, 0.6) is 0 Å². The Morgan fingerprint density at radius 2 is 1.89 bits per heavy atom. The summed E-state index contributed by atoms with van der Waals surface area (Å²) in [4.78, 5) is 43.3. The number of ether oxygens (including phenoxy) is 1. The van der Waals surface area contributed by atoms with Gasteiger partial charge in [-0.3, -0.25) is 14.5 Å². The quantitative estimate of drug-likeness (QED) is 0.497. The summed E-state index contributed by atoms with van der Waals surface area (Å²) in [5, 5.41) is 1.91. The lowest BCUT2D eigenvalue weighted by Gasteiger charge is -2.20. The molecule has 7 nitrogen and oxygen atoms in total. The van der Waals surface area contributed by atoms with E-state index in [1.807, 2.05) is 17.5 Å². The molecule has 0 radical (unpaired) electrons. The maximum absolute atomic E-state index is 12.4. The van der Waals surface area contributed by atoms with Gasteiger partial charge in [0.15, 0.2) is 0 Å². The molecule has 136 valence electrons. The van der Waals surface area contributed by atoms with Crippen molar-refractivity contribution in [2.75, 3.05) is 0 Å². The third-order valence-electron chi connectivity index (χ3n) is 4.20. The SMILES string of the molecule is C[C@H](C(=O)OCc1coc(-c2cccs2)n1)N1C(=O)c2ccccc2C1=O. The molecule has 1 aliphatic heterocycles. The van der Waals surface area contributed by atoms with Crippen LogP contribution in [0, 0.1) is 0 Å². The molecule has 0 bridgehead atoms. The van der Waals surface area contributed by atoms with Crippen molar-refractivity contribution in [1.82, 2.24) is 9.88 Å². The molecular formula is C19H14N2O5S. The van der Waals surface area contributed by atoms with Crippen molar-refractivity contribution in [3.8, 4) is 10.8 Å². The van der Waals surface area contributed by atoms with Gasteiger partial charge in [-0.1, -0.05) is 18.2 Å². The highest BCUT2D eigenvalue weighted by Crippen LogP contribution is 2.26. The molecule has 1 atom stereocenters. The number of rotatable bonds is 5. The predicted octanol–water partition coefficient (Wildman–Crippen LogP) is 3.13. The zero-order valence-corrected chi connectivity index (χ0v) is 15.1. The van der Waals surface area contributed by atoms with Crippen molar-refractivity contribution in [3.05, 3.63) is 64.9 Å². The highest BCUT2D eigenvalue weighted by Gasteiger charge is 2.41. The Kier molecular flexibility index (Phi) is 4.33. The molecule has 8 heteroatoms. The minimum atomic E-state index is -1.04. The first kappa shape index (κ1) is 17.2. The number of carbonyl (C=O) groups excluding carboxylic acids is 3. The number of aromatic nitrogens is 1. The normalized spacial score (nSPS) is 14.3. The molecule has 3 aromatic rings. The second-order valence-corrected chi connectivity index (χ2v) is 6.88. The molecule has 2 amide bonds. The fourth-order valence-electron chi connectivity index (χ4n) is 2.82. The van der Waals surface area contributed by atoms with Gasteiger partial charge in [-0.15, -0.1) is 11.3 Å². The molecule has 0 saturated carbocycles. The van der Waals surface area contributed by atoms with Gasteiger partial charge in [-0.2, -0.15) is 0 Å². The number of hydrogen-bond acceptors (Lipinski definition) is 7. The molecule has 27 heavy (non-hydrogen) atoms. The van der Waals surface area contributed by atoms with Crippen LogP contribution >= 0.6 is 11.3 Å². The number of fused-ring (bicyclic) bond motifs is 1. The summed E-state index contributed by atoms with van der Waals surface area (Å²) in [6, 6.07) is 9.19. The van der Waals surface area contributed by atoms with Crippen LogP contribution in [0.4, 0.5) is 0 Å². The lowest BCUT2D eigenvalue weighted by atomic mass is 10.1. The fourth-order valence-corrected chi connectivity index (χ4v) is 3.47. The average molecular weight is 382 g/mol. The number of amides is 2. The van der Waals surface area contributed by atoms with Crippen LogP contribution < -0.4 is 0 Å². The van der Waals surface area contributed by atoms with E-state index in [1.165, 1.54) is 24.5 Å². The van der Waals surface area contributed by atoms with Crippen LogP contribution in [0.15, 0.2) is 52.5 Å². The van der Waals surface area contributed by atoms with Gasteiger partial charge in [-0.25, -0.2) is 9.78 Å². The van der Waals surface area contributed by atoms with Gasteiger partial charge in [0.2, 0.25) is 5.89 Å². The van der Waals surface area contributed by atoms with E-state index >= 15 is 0 Å². The van der Waals surface area contributed by atoms with E-state index in [4.69, 9.17) is 9.15 Å². The van der Waals surface area contributed by atoms with Crippen molar-refractivity contribution >= 4 is 29.1 Å². The standard InChI is InChI=1S/C19H14N2O5S/c1-11(21-17(22)13-5-2-3-6-14(13)18(21)23)19(24)26-10-12-9-25-16(20-12)15-7-4-8-27-15/h2-9,11H,10H2,1H3/t11-/m1/s1. The third-order valence-corrected chi connectivity index (χ3v) is 5.06. The van der Waals surface area contributed by atoms with Crippen LogP contribution in [-0.4, -0.2) is 33.7 Å². The van der Waals surface area contributed by atoms with Crippen molar-refractivity contribution in [2.24, 2.45) is 0 Å². The first-order chi connectivity index (χ1) is 13.1. The van der Waals surface area contributed by atoms with Crippen molar-refractivity contribution < 1.29 is 23.5 Å². The maximum Gasteiger partial charge on any atom is 0.329 e. The summed E-state index contributed by atoms with van der Waals surface area (Å²) in [5.74, 6) is -1.24. The number of carbonyl (C=O) groups is 3. The Morgan fingerprint density at radius 3 is 2.52 bits per heavy atom. The Bertz CT molecular complexity index is 989. The van der Waals surface area contributed by atoms with E-state index in [-0.39, 0.29) is 6.61 Å². The second-order valence-electron chi connectivity index (χ2n) is 5.93. The van der Waals surface area contributed by atoms with Crippen LogP contribution in [0.25, 0.3) is 10.8 Å². The minimum Gasteiger partial charge on any atom is -0.458 e. The van der Waals surface area contributed by atoms with Crippen molar-refractivity contribution in [3.63, 3.8) is 0 Å². The number of nitrogens with zero attached hydrogens (tertiary/aromatic N) is 2. The Hall–Kier alpha value is -3.26. The van der Waals surface area contributed by atoms with Gasteiger partial charge in [-0.05, 0) is 30.5 Å². The molecule has 0 unspecified atom stereocenters. The van der Waals surface area contributed by atoms with Gasteiger partial charge < -0.3 is 9.15 Å². The van der Waals surface area contributed by atoms with Crippen LogP contribution in [0.2, 0.25) is 0 Å². The average Bonchev–Trinajstić information content (AvgIpc) is 3.41. The van der Waals surface area contributed by atoms with Crippen LogP contribution in [-0.2, 0) is 16.1 Å². The first-order valence-electron chi connectivity index (χ1n) is 8.18. The van der Waals surface area contributed by atoms with Gasteiger partial charge in [0.1, 0.15) is 24.6 Å². The molecule has 2 aromatic heterocycles. The number of benzene rings is 1. The highest BCUT2D eigenvalue weighted by atomic mass is 32.1. The van der Waals surface area contributed by atoms with Crippen molar-refractivity contribution in [2.45, 2.75) is 19.6 Å². The van der Waals surface area contributed by atoms with Gasteiger partial charge in [0, 0.05) is 0 Å². The molecule has 0 N–H and O–H groups in total. The molecule has 0 spiro atoms. The van der Waals surface area contributed by atoms with Crippen molar-refractivity contribution in [1.29, 1.82) is 0 Å². The van der Waals surface area contributed by atoms with Crippen LogP contribution in [0.3, 0.4) is 0 Å². The monoisotopic (exact) mass is 382 g/mol.